The highest BCUT2D eigenvalue weighted by Gasteiger charge is 2.43. The van der Waals surface area contributed by atoms with E-state index in [1.807, 2.05) is 0 Å². The minimum Gasteiger partial charge on any atom is -0.458 e. The standard InChI is InChI=1S/C9H13Cl2NO5S/c1-12(8(13)2-10)6-4-18(15,16)5-7(6)17-9(14)3-11/h6-7H,2-5H2,1H3/t6-,7+/m0/s1. The maximum Gasteiger partial charge on any atom is 0.321 e. The summed E-state index contributed by atoms with van der Waals surface area (Å²) in [6, 6.07) is -0.714. The second-order valence-corrected chi connectivity index (χ2v) is 6.63. The monoisotopic (exact) mass is 317 g/mol. The summed E-state index contributed by atoms with van der Waals surface area (Å²) in [5, 5.41) is 0. The molecule has 1 aliphatic rings. The van der Waals surface area contributed by atoms with E-state index in [0.29, 0.717) is 0 Å². The molecule has 1 aliphatic heterocycles. The van der Waals surface area contributed by atoms with Crippen LogP contribution in [0.15, 0.2) is 0 Å². The predicted octanol–water partition coefficient (Wildman–Crippen LogP) is -0.369. The highest BCUT2D eigenvalue weighted by Crippen LogP contribution is 2.21. The fraction of sp³-hybridized carbons (Fsp3) is 0.778. The molecule has 0 aromatic rings. The molecule has 0 aromatic heterocycles. The molecule has 0 N–H and O–H groups in total. The van der Waals surface area contributed by atoms with E-state index in [4.69, 9.17) is 27.9 Å². The summed E-state index contributed by atoms with van der Waals surface area (Å²) in [7, 11) is -1.91. The van der Waals surface area contributed by atoms with Crippen LogP contribution < -0.4 is 0 Å². The molecular weight excluding hydrogens is 305 g/mol. The number of amides is 1. The minimum atomic E-state index is -3.34. The Kier molecular flexibility index (Phi) is 5.24. The number of sulfone groups is 1. The van der Waals surface area contributed by atoms with Crippen LogP contribution in [0.5, 0.6) is 0 Å². The van der Waals surface area contributed by atoms with E-state index < -0.39 is 33.9 Å². The number of likely N-dealkylation sites (N-methyl/N-ethyl adjacent to an activating group) is 1. The lowest BCUT2D eigenvalue weighted by Gasteiger charge is -2.27. The molecule has 0 radical (unpaired) electrons. The van der Waals surface area contributed by atoms with Crippen molar-refractivity contribution in [1.82, 2.24) is 4.90 Å². The summed E-state index contributed by atoms with van der Waals surface area (Å²) in [6.07, 6.45) is -0.890. The van der Waals surface area contributed by atoms with Crippen LogP contribution >= 0.6 is 23.2 Å². The fourth-order valence-corrected chi connectivity index (χ4v) is 3.89. The van der Waals surface area contributed by atoms with Crippen molar-refractivity contribution in [2.24, 2.45) is 0 Å². The van der Waals surface area contributed by atoms with Gasteiger partial charge in [-0.1, -0.05) is 0 Å². The molecule has 1 saturated heterocycles. The van der Waals surface area contributed by atoms with Crippen LogP contribution in [0.2, 0.25) is 0 Å². The lowest BCUT2D eigenvalue weighted by molar-refractivity contribution is -0.149. The van der Waals surface area contributed by atoms with Crippen LogP contribution in [-0.2, 0) is 24.2 Å². The Morgan fingerprint density at radius 3 is 2.39 bits per heavy atom. The zero-order valence-corrected chi connectivity index (χ0v) is 12.0. The van der Waals surface area contributed by atoms with Gasteiger partial charge in [0.15, 0.2) is 9.84 Å². The van der Waals surface area contributed by atoms with Crippen LogP contribution in [0.4, 0.5) is 0 Å². The van der Waals surface area contributed by atoms with Crippen LogP contribution in [0.1, 0.15) is 0 Å². The van der Waals surface area contributed by atoms with Gasteiger partial charge in [-0.25, -0.2) is 8.42 Å². The number of carbonyl (C=O) groups is 2. The third kappa shape index (κ3) is 3.73. The summed E-state index contributed by atoms with van der Waals surface area (Å²) in [5.74, 6) is -2.31. The zero-order chi connectivity index (χ0) is 13.9. The van der Waals surface area contributed by atoms with Gasteiger partial charge in [0, 0.05) is 7.05 Å². The van der Waals surface area contributed by atoms with Gasteiger partial charge in [0.05, 0.1) is 17.5 Å². The number of rotatable bonds is 4. The van der Waals surface area contributed by atoms with Crippen molar-refractivity contribution in [2.75, 3.05) is 30.3 Å². The molecule has 1 rings (SSSR count). The highest BCUT2D eigenvalue weighted by molar-refractivity contribution is 7.91. The van der Waals surface area contributed by atoms with Crippen LogP contribution in [0.3, 0.4) is 0 Å². The average molecular weight is 318 g/mol. The first-order valence-corrected chi connectivity index (χ1v) is 7.97. The molecule has 104 valence electrons. The average Bonchev–Trinajstić information content (AvgIpc) is 2.62. The number of alkyl halides is 2. The Morgan fingerprint density at radius 1 is 1.28 bits per heavy atom. The second kappa shape index (κ2) is 6.08. The first-order valence-electron chi connectivity index (χ1n) is 5.08. The summed E-state index contributed by atoms with van der Waals surface area (Å²) < 4.78 is 28.0. The smallest absolute Gasteiger partial charge is 0.321 e. The van der Waals surface area contributed by atoms with Gasteiger partial charge in [0.1, 0.15) is 17.9 Å². The topological polar surface area (TPSA) is 80.8 Å². The van der Waals surface area contributed by atoms with Gasteiger partial charge in [-0.15, -0.1) is 23.2 Å². The van der Waals surface area contributed by atoms with Crippen molar-refractivity contribution in [2.45, 2.75) is 12.1 Å². The quantitative estimate of drug-likeness (QED) is 0.522. The van der Waals surface area contributed by atoms with Crippen molar-refractivity contribution in [3.05, 3.63) is 0 Å². The third-order valence-corrected chi connectivity index (χ3v) is 4.80. The van der Waals surface area contributed by atoms with Crippen LogP contribution in [0.25, 0.3) is 0 Å². The molecule has 9 heteroatoms. The summed E-state index contributed by atoms with van der Waals surface area (Å²) in [5.41, 5.74) is 0. The van der Waals surface area contributed by atoms with Crippen LogP contribution in [0, 0.1) is 0 Å². The van der Waals surface area contributed by atoms with Crippen molar-refractivity contribution in [3.63, 3.8) is 0 Å². The molecule has 0 saturated carbocycles. The number of ether oxygens (including phenoxy) is 1. The Balaban J connectivity index is 2.85. The largest absolute Gasteiger partial charge is 0.458 e. The zero-order valence-electron chi connectivity index (χ0n) is 9.64. The van der Waals surface area contributed by atoms with Crippen molar-refractivity contribution < 1.29 is 22.7 Å². The van der Waals surface area contributed by atoms with Gasteiger partial charge in [-0.2, -0.15) is 0 Å². The molecule has 18 heavy (non-hydrogen) atoms. The van der Waals surface area contributed by atoms with Crippen molar-refractivity contribution in [3.8, 4) is 0 Å². The SMILES string of the molecule is CN(C(=O)CCl)[C@H]1CS(=O)(=O)C[C@H]1OC(=O)CCl. The molecule has 0 spiro atoms. The minimum absolute atomic E-state index is 0.244. The highest BCUT2D eigenvalue weighted by atomic mass is 35.5. The van der Waals surface area contributed by atoms with Gasteiger partial charge in [0.2, 0.25) is 5.91 Å². The van der Waals surface area contributed by atoms with E-state index >= 15 is 0 Å². The van der Waals surface area contributed by atoms with Crippen molar-refractivity contribution in [1.29, 1.82) is 0 Å². The Bertz CT molecular complexity index is 438. The Morgan fingerprint density at radius 2 is 1.89 bits per heavy atom. The first kappa shape index (κ1) is 15.5. The number of halogens is 2. The third-order valence-electron chi connectivity index (χ3n) is 2.67. The summed E-state index contributed by atoms with van der Waals surface area (Å²) in [6.45, 7) is 0. The molecule has 1 fully saturated rings. The molecule has 0 unspecified atom stereocenters. The van der Waals surface area contributed by atoms with Gasteiger partial charge in [-0.3, -0.25) is 9.59 Å². The maximum absolute atomic E-state index is 11.5. The summed E-state index contributed by atoms with van der Waals surface area (Å²) in [4.78, 5) is 23.7. The number of nitrogens with zero attached hydrogens (tertiary/aromatic N) is 1. The Labute approximate surface area is 115 Å². The lowest BCUT2D eigenvalue weighted by Crippen LogP contribution is -2.46. The second-order valence-electron chi connectivity index (χ2n) is 3.94. The van der Waals surface area contributed by atoms with Gasteiger partial charge < -0.3 is 9.64 Å². The van der Waals surface area contributed by atoms with E-state index in [1.165, 1.54) is 11.9 Å². The number of carbonyl (C=O) groups excluding carboxylic acids is 2. The molecule has 2 atom stereocenters. The summed E-state index contributed by atoms with van der Waals surface area (Å²) >= 11 is 10.7. The molecule has 0 aliphatic carbocycles. The molecule has 6 nitrogen and oxygen atoms in total. The van der Waals surface area contributed by atoms with E-state index in [-0.39, 0.29) is 23.3 Å². The van der Waals surface area contributed by atoms with Crippen LogP contribution in [-0.4, -0.2) is 67.7 Å². The molecule has 1 amide bonds. The van der Waals surface area contributed by atoms with E-state index in [0.717, 1.165) is 0 Å². The van der Waals surface area contributed by atoms with E-state index in [1.54, 1.807) is 0 Å². The Hall–Kier alpha value is -0.530. The number of hydrogen-bond acceptors (Lipinski definition) is 5. The molecule has 0 aromatic carbocycles. The van der Waals surface area contributed by atoms with E-state index in [2.05, 4.69) is 0 Å². The van der Waals surface area contributed by atoms with Gasteiger partial charge in [0.25, 0.3) is 0 Å². The van der Waals surface area contributed by atoms with Crippen molar-refractivity contribution >= 4 is 44.9 Å². The normalized spacial score (nSPS) is 25.7. The van der Waals surface area contributed by atoms with E-state index in [9.17, 15) is 18.0 Å². The molecular formula is C9H13Cl2NO5S. The van der Waals surface area contributed by atoms with Gasteiger partial charge in [-0.05, 0) is 0 Å². The number of hydrogen-bond donors (Lipinski definition) is 0. The fourth-order valence-electron chi connectivity index (χ4n) is 1.75. The number of esters is 1. The molecule has 1 heterocycles. The predicted molar refractivity (Wildman–Crippen MR) is 66.5 cm³/mol. The maximum atomic E-state index is 11.5. The first-order chi connectivity index (χ1) is 8.30. The molecule has 0 bridgehead atoms. The van der Waals surface area contributed by atoms with Gasteiger partial charge >= 0.3 is 5.97 Å². The lowest BCUT2D eigenvalue weighted by atomic mass is 10.2.